The van der Waals surface area contributed by atoms with E-state index >= 15 is 4.79 Å². The second-order valence-electron chi connectivity index (χ2n) is 23.0. The molecule has 18 heteroatoms. The first kappa shape index (κ1) is 55.7. The molecule has 77 heavy (non-hydrogen) atoms. The van der Waals surface area contributed by atoms with E-state index in [1.807, 2.05) is 69.9 Å². The number of hydrazine groups is 1. The standard InChI is InChI=1S/C59H73N8O9Si/c1-10-65-47-18-17-42-30-44(47)45(51(65)43-16-12-24-60-49(43)39(4)73-9)31-56(5,6)34-75-36-58(55(72)77)20-13-25-67(62-58)53(70)46(29-40-14-11-15-41(42)28-40)61-52(69)50(38(2)3)66-37-76-59(54(66)71)22-26-64(33-59)48(68)19-21-57(32-63(7)8)23-27-74-35-57/h11-12,14-18,24,28,30,32,38-39,46,50,62H,10,13,20,22-23,25-27,29,31,33-37H2,1-9H3/p+1/t39-,46-,50-,57+,58-,59-/m0/s1. The van der Waals surface area contributed by atoms with E-state index in [1.54, 1.807) is 18.2 Å². The van der Waals surface area contributed by atoms with Gasteiger partial charge in [0.15, 0.2) is 11.8 Å². The topological polar surface area (TPSA) is 177 Å². The van der Waals surface area contributed by atoms with Crippen molar-refractivity contribution in [2.45, 2.75) is 116 Å². The van der Waals surface area contributed by atoms with Gasteiger partial charge in [-0.15, -0.1) is 0 Å². The molecule has 2 aromatic carbocycles. The number of aromatic nitrogens is 2. The van der Waals surface area contributed by atoms with Crippen molar-refractivity contribution in [2.75, 3.05) is 74.0 Å². The molecule has 2 aromatic heterocycles. The molecule has 5 aliphatic rings. The highest BCUT2D eigenvalue weighted by Crippen LogP contribution is 2.42. The Morgan fingerprint density at radius 3 is 2.51 bits per heavy atom. The van der Waals surface area contributed by atoms with Crippen LogP contribution in [-0.4, -0.2) is 172 Å². The second kappa shape index (κ2) is 22.3. The van der Waals surface area contributed by atoms with Gasteiger partial charge in [0.1, 0.15) is 59.5 Å². The maximum absolute atomic E-state index is 15.1. The fraction of sp³-hybridized carbons (Fsp3) is 0.542. The van der Waals surface area contributed by atoms with Gasteiger partial charge in [-0.05, 0) is 103 Å². The predicted molar refractivity (Wildman–Crippen MR) is 292 cm³/mol. The molecule has 17 nitrogen and oxygen atoms in total. The number of hydrogen-bond acceptors (Lipinski definition) is 11. The van der Waals surface area contributed by atoms with Gasteiger partial charge in [0.2, 0.25) is 5.91 Å². The van der Waals surface area contributed by atoms with E-state index in [0.717, 1.165) is 50.1 Å². The lowest BCUT2D eigenvalue weighted by Crippen LogP contribution is -2.68. The van der Waals surface area contributed by atoms with Gasteiger partial charge >= 0.3 is 0 Å². The summed E-state index contributed by atoms with van der Waals surface area (Å²) in [6, 6.07) is 16.5. The van der Waals surface area contributed by atoms with Crippen LogP contribution in [0.1, 0.15) is 90.2 Å². The first-order valence-corrected chi connectivity index (χ1v) is 27.6. The monoisotopic (exact) mass is 1070 g/mol. The van der Waals surface area contributed by atoms with Gasteiger partial charge in [-0.1, -0.05) is 63.9 Å². The average molecular weight is 1070 g/mol. The molecular formula is C59H74N8O9Si+. The lowest BCUT2D eigenvalue weighted by molar-refractivity contribution is -0.462. The Balaban J connectivity index is 1.05. The summed E-state index contributed by atoms with van der Waals surface area (Å²) >= 11 is 0. The second-order valence-corrected chi connectivity index (χ2v) is 23.5. The normalized spacial score (nSPS) is 25.4. The number of pyridine rings is 1. The van der Waals surface area contributed by atoms with E-state index in [2.05, 4.69) is 88.5 Å². The fourth-order valence-electron chi connectivity index (χ4n) is 12.1. The van der Waals surface area contributed by atoms with Gasteiger partial charge in [0.25, 0.3) is 17.7 Å². The molecule has 4 fully saturated rings. The van der Waals surface area contributed by atoms with Gasteiger partial charge < -0.3 is 43.4 Å². The van der Waals surface area contributed by atoms with E-state index in [-0.39, 0.29) is 57.3 Å². The molecule has 4 aromatic rings. The Morgan fingerprint density at radius 2 is 1.79 bits per heavy atom. The molecule has 6 bridgehead atoms. The van der Waals surface area contributed by atoms with Gasteiger partial charge in [-0.2, -0.15) is 0 Å². The highest BCUT2D eigenvalue weighted by Gasteiger charge is 2.56. The summed E-state index contributed by atoms with van der Waals surface area (Å²) in [5.74, 6) is 3.81. The quantitative estimate of drug-likeness (QED) is 0.0962. The number of fused-ring (bicyclic) bond motifs is 6. The smallest absolute Gasteiger partial charge is 0.298 e. The molecule has 4 saturated heterocycles. The molecule has 6 atom stereocenters. The number of hydrogen-bond donors (Lipinski definition) is 2. The van der Waals surface area contributed by atoms with Crippen LogP contribution < -0.4 is 10.7 Å². The molecule has 9 rings (SSSR count). The van der Waals surface area contributed by atoms with Crippen molar-refractivity contribution in [1.82, 2.24) is 35.1 Å². The molecule has 1 spiro atoms. The lowest BCUT2D eigenvalue weighted by Gasteiger charge is -2.43. The number of carbonyl (C=O) groups excluding carboxylic acids is 5. The zero-order valence-electron chi connectivity index (χ0n) is 46.1. The molecule has 3 radical (unpaired) electrons. The number of rotatable bonds is 10. The maximum Gasteiger partial charge on any atom is 0.298 e. The van der Waals surface area contributed by atoms with Crippen molar-refractivity contribution in [3.63, 3.8) is 0 Å². The van der Waals surface area contributed by atoms with Crippen LogP contribution in [0.3, 0.4) is 0 Å². The molecule has 0 saturated carbocycles. The highest BCUT2D eigenvalue weighted by molar-refractivity contribution is 6.60. The van der Waals surface area contributed by atoms with E-state index in [1.165, 1.54) is 9.91 Å². The Morgan fingerprint density at radius 1 is 1.00 bits per heavy atom. The highest BCUT2D eigenvalue weighted by atomic mass is 28.1. The van der Waals surface area contributed by atoms with Crippen LogP contribution in [0.15, 0.2) is 60.8 Å². The van der Waals surface area contributed by atoms with Crippen molar-refractivity contribution < 1.29 is 47.5 Å². The van der Waals surface area contributed by atoms with E-state index < -0.39 is 63.6 Å². The minimum absolute atomic E-state index is 0.00465. The summed E-state index contributed by atoms with van der Waals surface area (Å²) in [6.07, 6.45) is 6.03. The number of nitrogens with one attached hydrogen (secondary N) is 2. The summed E-state index contributed by atoms with van der Waals surface area (Å²) < 4.78 is 28.7. The van der Waals surface area contributed by atoms with Crippen molar-refractivity contribution in [3.8, 4) is 34.2 Å². The van der Waals surface area contributed by atoms with Crippen molar-refractivity contribution >= 4 is 56.4 Å². The predicted octanol–water partition coefficient (Wildman–Crippen LogP) is 4.85. The number of aryl methyl sites for hydroxylation is 1. The minimum Gasteiger partial charge on any atom is -0.379 e. The Hall–Kier alpha value is -6.07. The number of ether oxygens (including phenoxy) is 4. The number of nitrogens with zero attached hydrogens (tertiary/aromatic N) is 6. The lowest BCUT2D eigenvalue weighted by atomic mass is 9.84. The zero-order valence-corrected chi connectivity index (χ0v) is 47.1. The van der Waals surface area contributed by atoms with Crippen LogP contribution in [0.25, 0.3) is 33.3 Å². The third kappa shape index (κ3) is 11.2. The van der Waals surface area contributed by atoms with Gasteiger partial charge in [-0.25, -0.2) is 10.0 Å². The fourth-order valence-corrected chi connectivity index (χ4v) is 12.3. The van der Waals surface area contributed by atoms with E-state index in [0.29, 0.717) is 52.0 Å². The average Bonchev–Trinajstić information content (AvgIpc) is 4.25. The molecule has 407 valence electrons. The van der Waals surface area contributed by atoms with Crippen molar-refractivity contribution in [3.05, 3.63) is 77.6 Å². The van der Waals surface area contributed by atoms with Gasteiger partial charge in [0.05, 0.1) is 43.9 Å². The molecule has 5 aliphatic heterocycles. The van der Waals surface area contributed by atoms with Crippen LogP contribution in [-0.2, 0) is 62.3 Å². The number of carbonyl (C=O) groups is 5. The van der Waals surface area contributed by atoms with Crippen molar-refractivity contribution in [1.29, 1.82) is 0 Å². The SMILES string of the molecule is CCn1c(-c2cccnc2[C@H](C)OC)c2c3cc(ccc31)-c1cccc(c1)C[C@H](NC(=O)[C@H](C(C)C)N1CO[C@]3(CCN(C(=O)C#C[C@]4(C=[N+](C)C)CCOC4)C3)C1=O)C(=O)N1CCC[C@@](C(=O)[Si])(COCC(C)(C)C2)N1. The summed E-state index contributed by atoms with van der Waals surface area (Å²) in [5.41, 5.74) is 7.44. The third-order valence-electron chi connectivity index (χ3n) is 16.0. The summed E-state index contributed by atoms with van der Waals surface area (Å²) in [5, 5.41) is 5.27. The van der Waals surface area contributed by atoms with Crippen LogP contribution in [0, 0.1) is 28.6 Å². The third-order valence-corrected chi connectivity index (χ3v) is 16.5. The number of amides is 4. The largest absolute Gasteiger partial charge is 0.379 e. The Bertz CT molecular complexity index is 3040. The van der Waals surface area contributed by atoms with Crippen LogP contribution in [0.2, 0.25) is 0 Å². The molecule has 7 heterocycles. The molecule has 4 amide bonds. The maximum atomic E-state index is 15.1. The number of benzene rings is 2. The Kier molecular flexibility index (Phi) is 16.2. The molecule has 0 aliphatic carbocycles. The first-order valence-electron chi connectivity index (χ1n) is 27.1. The van der Waals surface area contributed by atoms with Crippen LogP contribution in [0.4, 0.5) is 0 Å². The summed E-state index contributed by atoms with van der Waals surface area (Å²) in [7, 11) is 8.87. The van der Waals surface area contributed by atoms with Crippen LogP contribution in [0.5, 0.6) is 0 Å². The molecule has 0 unspecified atom stereocenters. The number of methoxy groups -OCH3 is 1. The van der Waals surface area contributed by atoms with E-state index in [9.17, 15) is 19.2 Å². The number of likely N-dealkylation sites (tertiary alicyclic amines) is 1. The molecular weight excluding hydrogens is 993 g/mol. The van der Waals surface area contributed by atoms with E-state index in [4.69, 9.17) is 23.9 Å². The summed E-state index contributed by atoms with van der Waals surface area (Å²) in [6.45, 7) is 14.5. The molecule has 2 N–H and O–H groups in total. The summed E-state index contributed by atoms with van der Waals surface area (Å²) in [4.78, 5) is 79.9. The van der Waals surface area contributed by atoms with Crippen LogP contribution >= 0.6 is 0 Å². The van der Waals surface area contributed by atoms with Gasteiger partial charge in [0, 0.05) is 68.9 Å². The zero-order chi connectivity index (χ0) is 55.0. The van der Waals surface area contributed by atoms with Gasteiger partial charge in [-0.3, -0.25) is 29.2 Å². The minimum atomic E-state index is -1.35. The first-order chi connectivity index (χ1) is 36.7. The Labute approximate surface area is 455 Å². The van der Waals surface area contributed by atoms with Crippen molar-refractivity contribution in [2.24, 2.45) is 16.7 Å².